The zero-order chi connectivity index (χ0) is 21.7. The van der Waals surface area contributed by atoms with Crippen LogP contribution >= 0.6 is 0 Å². The highest BCUT2D eigenvalue weighted by molar-refractivity contribution is 5.99. The summed E-state index contributed by atoms with van der Waals surface area (Å²) in [4.78, 5) is 28.7. The molecule has 8 heteroatoms. The van der Waals surface area contributed by atoms with Crippen molar-refractivity contribution in [1.82, 2.24) is 14.7 Å². The standard InChI is InChI=1S/C22H27N5O3/c1-5-9-24-21(28)17-13-27-11-10-23-20(19(27)15(17)4)26-18-12-16(8-7-14(18)3)25-22(29)30-6-2/h7-8,10-13H,5-6,9H2,1-4H3,(H,23,26)(H,24,28)(H,25,29). The van der Waals surface area contributed by atoms with E-state index in [1.54, 1.807) is 13.1 Å². The summed E-state index contributed by atoms with van der Waals surface area (Å²) in [5.74, 6) is 0.529. The monoisotopic (exact) mass is 409 g/mol. The minimum Gasteiger partial charge on any atom is -0.450 e. The fraction of sp³-hybridized carbons (Fsp3) is 0.318. The molecule has 2 amide bonds. The molecule has 0 atom stereocenters. The SMILES string of the molecule is CCCNC(=O)c1cn2ccnc(Nc3cc(NC(=O)OCC)ccc3C)c2c1C. The van der Waals surface area contributed by atoms with Crippen molar-refractivity contribution >= 4 is 34.7 Å². The van der Waals surface area contributed by atoms with Gasteiger partial charge < -0.3 is 19.8 Å². The number of benzene rings is 1. The van der Waals surface area contributed by atoms with Gasteiger partial charge in [-0.05, 0) is 50.5 Å². The Morgan fingerprint density at radius 1 is 1.20 bits per heavy atom. The van der Waals surface area contributed by atoms with Gasteiger partial charge in [0.2, 0.25) is 0 Å². The highest BCUT2D eigenvalue weighted by Gasteiger charge is 2.17. The maximum absolute atomic E-state index is 12.5. The molecule has 0 saturated heterocycles. The van der Waals surface area contributed by atoms with Crippen LogP contribution in [0.15, 0.2) is 36.8 Å². The number of fused-ring (bicyclic) bond motifs is 1. The minimum absolute atomic E-state index is 0.0965. The molecule has 3 aromatic rings. The largest absolute Gasteiger partial charge is 0.450 e. The Bertz CT molecular complexity index is 1070. The predicted molar refractivity (Wildman–Crippen MR) is 118 cm³/mol. The predicted octanol–water partition coefficient (Wildman–Crippen LogP) is 4.40. The van der Waals surface area contributed by atoms with Crippen LogP contribution in [-0.4, -0.2) is 34.5 Å². The molecule has 158 valence electrons. The van der Waals surface area contributed by atoms with Crippen LogP contribution in [-0.2, 0) is 4.74 Å². The van der Waals surface area contributed by atoms with Crippen molar-refractivity contribution in [1.29, 1.82) is 0 Å². The summed E-state index contributed by atoms with van der Waals surface area (Å²) in [5.41, 5.74) is 4.68. The number of hydrogen-bond donors (Lipinski definition) is 3. The van der Waals surface area contributed by atoms with Crippen molar-refractivity contribution in [2.24, 2.45) is 0 Å². The van der Waals surface area contributed by atoms with Crippen LogP contribution in [0.5, 0.6) is 0 Å². The van der Waals surface area contributed by atoms with Crippen molar-refractivity contribution < 1.29 is 14.3 Å². The number of carbonyl (C=O) groups is 2. The van der Waals surface area contributed by atoms with Gasteiger partial charge in [-0.15, -0.1) is 0 Å². The quantitative estimate of drug-likeness (QED) is 0.537. The average Bonchev–Trinajstić information content (AvgIpc) is 3.06. The highest BCUT2D eigenvalue weighted by Crippen LogP contribution is 2.29. The van der Waals surface area contributed by atoms with Crippen LogP contribution in [0.2, 0.25) is 0 Å². The second-order valence-electron chi connectivity index (χ2n) is 6.96. The Morgan fingerprint density at radius 3 is 2.73 bits per heavy atom. The summed E-state index contributed by atoms with van der Waals surface area (Å²) in [6.45, 7) is 8.58. The lowest BCUT2D eigenvalue weighted by Crippen LogP contribution is -2.24. The second-order valence-corrected chi connectivity index (χ2v) is 6.96. The van der Waals surface area contributed by atoms with Crippen LogP contribution in [0.4, 0.5) is 22.0 Å². The number of nitrogens with one attached hydrogen (secondary N) is 3. The normalized spacial score (nSPS) is 10.7. The second kappa shape index (κ2) is 9.30. The molecule has 30 heavy (non-hydrogen) atoms. The van der Waals surface area contributed by atoms with Crippen LogP contribution < -0.4 is 16.0 Å². The van der Waals surface area contributed by atoms with Gasteiger partial charge in [0.1, 0.15) is 0 Å². The van der Waals surface area contributed by atoms with E-state index in [0.29, 0.717) is 30.2 Å². The van der Waals surface area contributed by atoms with Gasteiger partial charge in [-0.3, -0.25) is 10.1 Å². The number of hydrogen-bond acceptors (Lipinski definition) is 5. The molecule has 0 aliphatic rings. The Hall–Kier alpha value is -3.55. The molecule has 3 rings (SSSR count). The molecule has 3 N–H and O–H groups in total. The molecular formula is C22H27N5O3. The zero-order valence-corrected chi connectivity index (χ0v) is 17.7. The molecule has 1 aromatic carbocycles. The Morgan fingerprint density at radius 2 is 2.00 bits per heavy atom. The van der Waals surface area contributed by atoms with Crippen LogP contribution in [0.3, 0.4) is 0 Å². The molecule has 0 saturated carbocycles. The van der Waals surface area contributed by atoms with E-state index in [9.17, 15) is 9.59 Å². The van der Waals surface area contributed by atoms with E-state index in [1.165, 1.54) is 0 Å². The minimum atomic E-state index is -0.502. The first-order valence-electron chi connectivity index (χ1n) is 10.0. The molecule has 0 aliphatic carbocycles. The number of carbonyl (C=O) groups excluding carboxylic acids is 2. The third-order valence-corrected chi connectivity index (χ3v) is 4.73. The van der Waals surface area contributed by atoms with Crippen molar-refractivity contribution in [3.63, 3.8) is 0 Å². The van der Waals surface area contributed by atoms with Gasteiger partial charge >= 0.3 is 6.09 Å². The summed E-state index contributed by atoms with van der Waals surface area (Å²) in [6, 6.07) is 5.54. The lowest BCUT2D eigenvalue weighted by Gasteiger charge is -2.13. The lowest BCUT2D eigenvalue weighted by molar-refractivity contribution is 0.0953. The third-order valence-electron chi connectivity index (χ3n) is 4.73. The number of aromatic nitrogens is 2. The summed E-state index contributed by atoms with van der Waals surface area (Å²) in [7, 11) is 0. The van der Waals surface area contributed by atoms with E-state index >= 15 is 0 Å². The maximum atomic E-state index is 12.5. The maximum Gasteiger partial charge on any atom is 0.411 e. The molecule has 0 aliphatic heterocycles. The average molecular weight is 409 g/mol. The molecule has 0 unspecified atom stereocenters. The molecule has 2 heterocycles. The fourth-order valence-electron chi connectivity index (χ4n) is 3.18. The van der Waals surface area contributed by atoms with Crippen molar-refractivity contribution in [2.45, 2.75) is 34.1 Å². The third kappa shape index (κ3) is 4.53. The van der Waals surface area contributed by atoms with Gasteiger partial charge in [-0.2, -0.15) is 0 Å². The molecule has 0 fully saturated rings. The summed E-state index contributed by atoms with van der Waals surface area (Å²) in [5, 5.41) is 8.96. The van der Waals surface area contributed by atoms with E-state index in [0.717, 1.165) is 28.8 Å². The van der Waals surface area contributed by atoms with Crippen LogP contribution in [0, 0.1) is 13.8 Å². The van der Waals surface area contributed by atoms with E-state index in [4.69, 9.17) is 4.74 Å². The van der Waals surface area contributed by atoms with Gasteiger partial charge in [0.15, 0.2) is 5.82 Å². The molecule has 0 spiro atoms. The number of amides is 2. The fourth-order valence-corrected chi connectivity index (χ4v) is 3.18. The number of rotatable bonds is 7. The molecular weight excluding hydrogens is 382 g/mol. The van der Waals surface area contributed by atoms with Gasteiger partial charge in [0.05, 0.1) is 17.7 Å². The van der Waals surface area contributed by atoms with Crippen molar-refractivity contribution in [2.75, 3.05) is 23.8 Å². The molecule has 0 radical (unpaired) electrons. The lowest BCUT2D eigenvalue weighted by atomic mass is 10.1. The molecule has 0 bridgehead atoms. The van der Waals surface area contributed by atoms with Gasteiger partial charge in [0, 0.05) is 36.5 Å². The smallest absolute Gasteiger partial charge is 0.411 e. The van der Waals surface area contributed by atoms with Crippen LogP contribution in [0.25, 0.3) is 5.52 Å². The number of aryl methyl sites for hydroxylation is 2. The van der Waals surface area contributed by atoms with E-state index in [-0.39, 0.29) is 5.91 Å². The molecule has 2 aromatic heterocycles. The van der Waals surface area contributed by atoms with Gasteiger partial charge in [-0.25, -0.2) is 9.78 Å². The number of ether oxygens (including phenoxy) is 1. The van der Waals surface area contributed by atoms with Crippen LogP contribution in [0.1, 0.15) is 41.8 Å². The number of nitrogens with zero attached hydrogens (tertiary/aromatic N) is 2. The van der Waals surface area contributed by atoms with Crippen molar-refractivity contribution in [3.8, 4) is 0 Å². The van der Waals surface area contributed by atoms with E-state index < -0.39 is 6.09 Å². The highest BCUT2D eigenvalue weighted by atomic mass is 16.5. The first-order chi connectivity index (χ1) is 14.4. The Balaban J connectivity index is 1.93. The molecule has 8 nitrogen and oxygen atoms in total. The van der Waals surface area contributed by atoms with E-state index in [2.05, 4.69) is 20.9 Å². The topological polar surface area (TPSA) is 96.8 Å². The van der Waals surface area contributed by atoms with E-state index in [1.807, 2.05) is 55.8 Å². The summed E-state index contributed by atoms with van der Waals surface area (Å²) >= 11 is 0. The zero-order valence-electron chi connectivity index (χ0n) is 17.7. The van der Waals surface area contributed by atoms with Gasteiger partial charge in [0.25, 0.3) is 5.91 Å². The van der Waals surface area contributed by atoms with Gasteiger partial charge in [-0.1, -0.05) is 13.0 Å². The van der Waals surface area contributed by atoms with Crippen molar-refractivity contribution in [3.05, 3.63) is 53.5 Å². The first-order valence-corrected chi connectivity index (χ1v) is 10.0. The number of anilines is 3. The Labute approximate surface area is 175 Å². The Kier molecular flexibility index (Phi) is 6.56. The summed E-state index contributed by atoms with van der Waals surface area (Å²) < 4.78 is 6.83. The summed E-state index contributed by atoms with van der Waals surface area (Å²) in [6.07, 6.45) is 5.68. The first kappa shape index (κ1) is 21.2.